The first-order valence-electron chi connectivity index (χ1n) is 13.9. The van der Waals surface area contributed by atoms with Crippen molar-refractivity contribution in [3.8, 4) is 0 Å². The average Bonchev–Trinajstić information content (AvgIpc) is 3.53. The summed E-state index contributed by atoms with van der Waals surface area (Å²) in [4.78, 5) is 34.5. The van der Waals surface area contributed by atoms with E-state index < -0.39 is 6.04 Å². The number of hydrogen-bond acceptors (Lipinski definition) is 4. The Balaban J connectivity index is 1.03. The number of benzene rings is 1. The van der Waals surface area contributed by atoms with Gasteiger partial charge in [0.25, 0.3) is 0 Å². The van der Waals surface area contributed by atoms with Crippen LogP contribution in [0.3, 0.4) is 0 Å². The van der Waals surface area contributed by atoms with E-state index >= 15 is 0 Å². The number of carbonyl (C=O) groups is 2. The summed E-state index contributed by atoms with van der Waals surface area (Å²) in [6, 6.07) is 11.2. The van der Waals surface area contributed by atoms with Gasteiger partial charge in [0.05, 0.1) is 17.1 Å². The average molecular weight is 532 g/mol. The van der Waals surface area contributed by atoms with Gasteiger partial charge in [0, 0.05) is 34.8 Å². The molecule has 1 aromatic carbocycles. The molecule has 5 aliphatic rings. The number of halogens is 1. The topological polar surface area (TPSA) is 113 Å². The molecule has 0 spiro atoms. The predicted octanol–water partition coefficient (Wildman–Crippen LogP) is 4.77. The SMILES string of the molecule is NC(C(=O)NCC1(c2ccc(Cl)cc2)CC1)C1C2CC3CC1CC(C(=O)Nc1ccnc4[nH]ccc14)(C3)C2. The second-order valence-corrected chi connectivity index (χ2v) is 12.8. The van der Waals surface area contributed by atoms with Crippen LogP contribution in [0.1, 0.15) is 50.5 Å². The lowest BCUT2D eigenvalue weighted by atomic mass is 9.45. The number of nitrogens with zero attached hydrogens (tertiary/aromatic N) is 1. The summed E-state index contributed by atoms with van der Waals surface area (Å²) in [5, 5.41) is 8.09. The highest BCUT2D eigenvalue weighted by molar-refractivity contribution is 6.30. The molecule has 0 aliphatic heterocycles. The Bertz CT molecular complexity index is 1380. The fourth-order valence-corrected chi connectivity index (χ4v) is 8.45. The molecular weight excluding hydrogens is 498 g/mol. The van der Waals surface area contributed by atoms with Crippen molar-refractivity contribution in [2.75, 3.05) is 11.9 Å². The zero-order chi connectivity index (χ0) is 26.1. The van der Waals surface area contributed by atoms with E-state index in [4.69, 9.17) is 17.3 Å². The number of aromatic nitrogens is 2. The Morgan fingerprint density at radius 1 is 1.08 bits per heavy atom. The van der Waals surface area contributed by atoms with Crippen molar-refractivity contribution in [1.29, 1.82) is 0 Å². The number of H-pyrrole nitrogens is 1. The van der Waals surface area contributed by atoms with Crippen molar-refractivity contribution < 1.29 is 9.59 Å². The van der Waals surface area contributed by atoms with Crippen molar-refractivity contribution in [2.45, 2.75) is 56.4 Å². The summed E-state index contributed by atoms with van der Waals surface area (Å²) in [6.07, 6.45) is 10.4. The zero-order valence-corrected chi connectivity index (χ0v) is 22.1. The van der Waals surface area contributed by atoms with Crippen molar-refractivity contribution in [2.24, 2.45) is 34.8 Å². The highest BCUT2D eigenvalue weighted by atomic mass is 35.5. The minimum absolute atomic E-state index is 0.00399. The molecular formula is C30H34ClN5O2. The van der Waals surface area contributed by atoms with E-state index in [-0.39, 0.29) is 28.6 Å². The maximum absolute atomic E-state index is 13.8. The third-order valence-corrected chi connectivity index (χ3v) is 10.4. The minimum atomic E-state index is -0.536. The van der Waals surface area contributed by atoms with Crippen LogP contribution in [0.15, 0.2) is 48.8 Å². The van der Waals surface area contributed by atoms with Gasteiger partial charge in [-0.15, -0.1) is 0 Å². The van der Waals surface area contributed by atoms with Gasteiger partial charge in [0.2, 0.25) is 11.8 Å². The lowest BCUT2D eigenvalue weighted by Gasteiger charge is -2.60. The van der Waals surface area contributed by atoms with E-state index in [2.05, 4.69) is 32.7 Å². The summed E-state index contributed by atoms with van der Waals surface area (Å²) in [5.74, 6) is 1.35. The second-order valence-electron chi connectivity index (χ2n) is 12.4. The standard InChI is InChI=1S/C30H34ClN5O2/c31-21-3-1-20(2-4-21)29(7-8-29)16-35-27(37)25(32)24-18-11-17-12-19(24)15-30(13-17,14-18)28(38)36-23-6-10-34-26-22(23)5-9-33-26/h1-6,9-10,17-19,24-25H,7-8,11-16,32H2,(H,35,37)(H2,33,34,36,38). The zero-order valence-electron chi connectivity index (χ0n) is 21.4. The van der Waals surface area contributed by atoms with E-state index in [1.54, 1.807) is 6.20 Å². The lowest BCUT2D eigenvalue weighted by molar-refractivity contribution is -0.151. The monoisotopic (exact) mass is 531 g/mol. The van der Waals surface area contributed by atoms with Crippen LogP contribution in [-0.4, -0.2) is 34.4 Å². The molecule has 7 nitrogen and oxygen atoms in total. The summed E-state index contributed by atoms with van der Waals surface area (Å²) in [7, 11) is 0. The molecule has 38 heavy (non-hydrogen) atoms. The number of pyridine rings is 1. The van der Waals surface area contributed by atoms with Gasteiger partial charge in [-0.05, 0) is 98.4 Å². The first-order chi connectivity index (χ1) is 18.4. The normalized spacial score (nSPS) is 31.2. The first-order valence-corrected chi connectivity index (χ1v) is 14.3. The Kier molecular flexibility index (Phi) is 5.61. The number of amides is 2. The minimum Gasteiger partial charge on any atom is -0.354 e. The Labute approximate surface area is 227 Å². The number of hydrogen-bond donors (Lipinski definition) is 4. The van der Waals surface area contributed by atoms with Crippen LogP contribution in [-0.2, 0) is 15.0 Å². The van der Waals surface area contributed by atoms with E-state index in [9.17, 15) is 9.59 Å². The molecule has 5 aliphatic carbocycles. The third-order valence-electron chi connectivity index (χ3n) is 10.2. The number of anilines is 1. The molecule has 198 valence electrons. The van der Waals surface area contributed by atoms with Gasteiger partial charge in [-0.2, -0.15) is 0 Å². The maximum atomic E-state index is 13.8. The molecule has 5 saturated carbocycles. The molecule has 3 unspecified atom stereocenters. The van der Waals surface area contributed by atoms with Crippen LogP contribution in [0, 0.1) is 29.1 Å². The van der Waals surface area contributed by atoms with Crippen molar-refractivity contribution >= 4 is 40.1 Å². The predicted molar refractivity (Wildman–Crippen MR) is 148 cm³/mol. The summed E-state index contributed by atoms with van der Waals surface area (Å²) in [6.45, 7) is 0.609. The molecule has 5 N–H and O–H groups in total. The maximum Gasteiger partial charge on any atom is 0.237 e. The first kappa shape index (κ1) is 24.2. The number of aromatic amines is 1. The van der Waals surface area contributed by atoms with Crippen LogP contribution >= 0.6 is 11.6 Å². The number of carbonyl (C=O) groups excluding carboxylic acids is 2. The molecule has 5 fully saturated rings. The van der Waals surface area contributed by atoms with Gasteiger partial charge in [0.15, 0.2) is 0 Å². The molecule has 3 atom stereocenters. The lowest BCUT2D eigenvalue weighted by Crippen LogP contribution is -2.61. The van der Waals surface area contributed by atoms with Gasteiger partial charge in [-0.1, -0.05) is 23.7 Å². The highest BCUT2D eigenvalue weighted by Crippen LogP contribution is 2.63. The highest BCUT2D eigenvalue weighted by Gasteiger charge is 2.60. The van der Waals surface area contributed by atoms with Gasteiger partial charge < -0.3 is 21.4 Å². The number of rotatable bonds is 7. The fourth-order valence-electron chi connectivity index (χ4n) is 8.32. The summed E-state index contributed by atoms with van der Waals surface area (Å²) >= 11 is 6.07. The van der Waals surface area contributed by atoms with Crippen molar-refractivity contribution in [3.63, 3.8) is 0 Å². The van der Waals surface area contributed by atoms with Crippen LogP contribution in [0.5, 0.6) is 0 Å². The Morgan fingerprint density at radius 2 is 1.82 bits per heavy atom. The van der Waals surface area contributed by atoms with Gasteiger partial charge in [-0.3, -0.25) is 9.59 Å². The quantitative estimate of drug-likeness (QED) is 0.351. The van der Waals surface area contributed by atoms with Gasteiger partial charge in [0.1, 0.15) is 5.65 Å². The van der Waals surface area contributed by atoms with Crippen molar-refractivity contribution in [1.82, 2.24) is 15.3 Å². The van der Waals surface area contributed by atoms with Crippen LogP contribution < -0.4 is 16.4 Å². The Morgan fingerprint density at radius 3 is 2.53 bits per heavy atom. The van der Waals surface area contributed by atoms with Crippen LogP contribution in [0.4, 0.5) is 5.69 Å². The molecule has 8 rings (SSSR count). The molecule has 8 heteroatoms. The molecule has 4 bridgehead atoms. The number of nitrogens with one attached hydrogen (secondary N) is 3. The third kappa shape index (κ3) is 3.93. The molecule has 3 aromatic rings. The van der Waals surface area contributed by atoms with E-state index in [0.29, 0.717) is 24.3 Å². The fraction of sp³-hybridized carbons (Fsp3) is 0.500. The second kappa shape index (κ2) is 8.82. The molecule has 2 heterocycles. The van der Waals surface area contributed by atoms with E-state index in [1.165, 1.54) is 5.56 Å². The van der Waals surface area contributed by atoms with E-state index in [1.807, 2.05) is 30.5 Å². The summed E-state index contributed by atoms with van der Waals surface area (Å²) in [5.41, 5.74) is 9.14. The van der Waals surface area contributed by atoms with Crippen molar-refractivity contribution in [3.05, 3.63) is 59.4 Å². The number of fused-ring (bicyclic) bond motifs is 1. The van der Waals surface area contributed by atoms with Gasteiger partial charge in [-0.25, -0.2) is 4.98 Å². The number of nitrogens with two attached hydrogens (primary N) is 1. The Hall–Kier alpha value is -2.90. The van der Waals surface area contributed by atoms with Crippen LogP contribution in [0.2, 0.25) is 5.02 Å². The smallest absolute Gasteiger partial charge is 0.237 e. The molecule has 0 radical (unpaired) electrons. The largest absolute Gasteiger partial charge is 0.354 e. The molecule has 2 amide bonds. The van der Waals surface area contributed by atoms with E-state index in [0.717, 1.165) is 66.7 Å². The van der Waals surface area contributed by atoms with Crippen LogP contribution in [0.25, 0.3) is 11.0 Å². The van der Waals surface area contributed by atoms with Gasteiger partial charge >= 0.3 is 0 Å². The summed E-state index contributed by atoms with van der Waals surface area (Å²) < 4.78 is 0. The molecule has 0 saturated heterocycles. The molecule has 2 aromatic heterocycles.